The normalized spacial score (nSPS) is 22.2. The topological polar surface area (TPSA) is 115 Å². The van der Waals surface area contributed by atoms with E-state index in [4.69, 9.17) is 5.73 Å². The number of fused-ring (bicyclic) bond motifs is 2. The van der Waals surface area contributed by atoms with Crippen molar-refractivity contribution in [3.8, 4) is 0 Å². The van der Waals surface area contributed by atoms with Crippen molar-refractivity contribution in [1.82, 2.24) is 29.4 Å². The number of carbonyl (C=O) groups is 1. The fourth-order valence-electron chi connectivity index (χ4n) is 4.38. The van der Waals surface area contributed by atoms with Crippen LogP contribution in [-0.2, 0) is 17.8 Å². The number of likely N-dealkylation sites (N-methyl/N-ethyl adjacent to an activating group) is 1. The highest BCUT2D eigenvalue weighted by Gasteiger charge is 2.29. The number of aromatic nitrogens is 5. The van der Waals surface area contributed by atoms with Gasteiger partial charge in [-0.05, 0) is 32.7 Å². The Morgan fingerprint density at radius 1 is 1.27 bits per heavy atom. The first kappa shape index (κ1) is 20.1. The molecule has 1 fully saturated rings. The van der Waals surface area contributed by atoms with Crippen LogP contribution in [0.15, 0.2) is 6.33 Å². The van der Waals surface area contributed by atoms with E-state index in [9.17, 15) is 4.79 Å². The van der Waals surface area contributed by atoms with Gasteiger partial charge in [0.2, 0.25) is 5.91 Å². The maximum atomic E-state index is 12.8. The van der Waals surface area contributed by atoms with Gasteiger partial charge >= 0.3 is 0 Å². The third-order valence-electron chi connectivity index (χ3n) is 6.03. The summed E-state index contributed by atoms with van der Waals surface area (Å²) in [5.41, 5.74) is 8.55. The van der Waals surface area contributed by atoms with Crippen molar-refractivity contribution >= 4 is 61.9 Å². The molecule has 1 aliphatic carbocycles. The molecule has 0 aromatic carbocycles. The molecule has 3 aromatic heterocycles. The third-order valence-corrected chi connectivity index (χ3v) is 7.51. The minimum Gasteiger partial charge on any atom is -0.382 e. The molecule has 5 rings (SSSR count). The van der Waals surface area contributed by atoms with Gasteiger partial charge in [0.15, 0.2) is 20.4 Å². The molecule has 0 radical (unpaired) electrons. The lowest BCUT2D eigenvalue weighted by molar-refractivity contribution is -0.120. The lowest BCUT2D eigenvalue weighted by Gasteiger charge is -2.28. The van der Waals surface area contributed by atoms with E-state index in [1.54, 1.807) is 17.7 Å². The minimum absolute atomic E-state index is 0.0134. The van der Waals surface area contributed by atoms with Gasteiger partial charge in [0.1, 0.15) is 5.52 Å². The first-order valence-electron chi connectivity index (χ1n) is 10.1. The zero-order valence-corrected chi connectivity index (χ0v) is 19.6. The van der Waals surface area contributed by atoms with Gasteiger partial charge in [-0.1, -0.05) is 0 Å². The molecule has 158 valence electrons. The Bertz CT molecular complexity index is 1100. The number of rotatable bonds is 3. The molecule has 0 bridgehead atoms. The second kappa shape index (κ2) is 8.00. The molecule has 0 atom stereocenters. The van der Waals surface area contributed by atoms with Crippen molar-refractivity contribution in [3.05, 3.63) is 20.7 Å². The molecule has 0 spiro atoms. The van der Waals surface area contributed by atoms with Crippen molar-refractivity contribution in [2.75, 3.05) is 24.6 Å². The monoisotopic (exact) mass is 538 g/mol. The van der Waals surface area contributed by atoms with Crippen molar-refractivity contribution in [1.29, 1.82) is 0 Å². The summed E-state index contributed by atoms with van der Waals surface area (Å²) in [7, 11) is 2.12. The average molecular weight is 538 g/mol. The minimum atomic E-state index is 0.0134. The zero-order valence-electron chi connectivity index (χ0n) is 16.6. The molecular formula is C19H23IN8OS. The fourth-order valence-corrected chi connectivity index (χ4v) is 5.96. The Balaban J connectivity index is 1.24. The molecule has 3 aromatic rings. The molecule has 1 amide bonds. The number of anilines is 2. The second-order valence-corrected chi connectivity index (χ2v) is 10.1. The number of amides is 1. The summed E-state index contributed by atoms with van der Waals surface area (Å²) in [4.78, 5) is 34.1. The number of hydrogen-bond acceptors (Lipinski definition) is 8. The number of nitrogens with zero attached hydrogens (tertiary/aromatic N) is 6. The maximum Gasteiger partial charge on any atom is 0.229 e. The van der Waals surface area contributed by atoms with Crippen molar-refractivity contribution in [2.24, 2.45) is 5.92 Å². The number of nitrogen functional groups attached to an aromatic ring is 1. The van der Waals surface area contributed by atoms with Gasteiger partial charge in [0.25, 0.3) is 0 Å². The smallest absolute Gasteiger partial charge is 0.229 e. The van der Waals surface area contributed by atoms with Crippen LogP contribution in [0, 0.1) is 9.75 Å². The van der Waals surface area contributed by atoms with Crippen LogP contribution in [0.2, 0.25) is 0 Å². The van der Waals surface area contributed by atoms with Crippen molar-refractivity contribution in [3.63, 3.8) is 0 Å². The Hall–Kier alpha value is -1.86. The summed E-state index contributed by atoms with van der Waals surface area (Å²) in [6.45, 7) is 1.94. The lowest BCUT2D eigenvalue weighted by atomic mass is 9.85. The molecule has 11 heteroatoms. The first-order valence-corrected chi connectivity index (χ1v) is 12.0. The van der Waals surface area contributed by atoms with Gasteiger partial charge < -0.3 is 20.5 Å². The summed E-state index contributed by atoms with van der Waals surface area (Å²) < 4.78 is 2.71. The highest BCUT2D eigenvalue weighted by Crippen LogP contribution is 2.35. The van der Waals surface area contributed by atoms with Crippen LogP contribution in [0.5, 0.6) is 0 Å². The van der Waals surface area contributed by atoms with Gasteiger partial charge in [-0.3, -0.25) is 4.79 Å². The van der Waals surface area contributed by atoms with E-state index in [1.807, 2.05) is 0 Å². The Kier molecular flexibility index (Phi) is 5.35. The van der Waals surface area contributed by atoms with Crippen LogP contribution in [0.1, 0.15) is 42.3 Å². The van der Waals surface area contributed by atoms with E-state index in [-0.39, 0.29) is 17.9 Å². The molecule has 30 heavy (non-hydrogen) atoms. The molecule has 1 saturated carbocycles. The van der Waals surface area contributed by atoms with E-state index in [1.165, 1.54) is 4.88 Å². The Morgan fingerprint density at radius 2 is 2.07 bits per heavy atom. The second-order valence-electron chi connectivity index (χ2n) is 8.07. The summed E-state index contributed by atoms with van der Waals surface area (Å²) in [6, 6.07) is 0.270. The van der Waals surface area contributed by atoms with Crippen LogP contribution < -0.4 is 11.1 Å². The van der Waals surface area contributed by atoms with E-state index in [2.05, 4.69) is 64.4 Å². The predicted molar refractivity (Wildman–Crippen MR) is 124 cm³/mol. The SMILES string of the molecule is CN1CCc2nc(NC(=O)C3CCC(n4cnc5c(N)nc(I)nc54)CC3)sc2C1. The summed E-state index contributed by atoms with van der Waals surface area (Å²) in [5.74, 6) is 0.512. The number of hydrogen-bond donors (Lipinski definition) is 2. The average Bonchev–Trinajstić information content (AvgIpc) is 3.31. The van der Waals surface area contributed by atoms with Gasteiger partial charge in [0, 0.05) is 58.9 Å². The number of carbonyl (C=O) groups excluding carboxylic acids is 1. The number of nitrogens with one attached hydrogen (secondary N) is 1. The fraction of sp³-hybridized carbons (Fsp3) is 0.526. The van der Waals surface area contributed by atoms with E-state index in [0.717, 1.165) is 61.7 Å². The molecule has 0 unspecified atom stereocenters. The van der Waals surface area contributed by atoms with E-state index >= 15 is 0 Å². The maximum absolute atomic E-state index is 12.8. The summed E-state index contributed by atoms with van der Waals surface area (Å²) >= 11 is 3.68. The molecule has 1 aliphatic heterocycles. The third kappa shape index (κ3) is 3.78. The van der Waals surface area contributed by atoms with Crippen LogP contribution >= 0.6 is 33.9 Å². The van der Waals surface area contributed by atoms with Crippen molar-refractivity contribution in [2.45, 2.75) is 44.7 Å². The number of halogens is 1. The molecular weight excluding hydrogens is 515 g/mol. The van der Waals surface area contributed by atoms with Gasteiger partial charge in [-0.25, -0.2) is 19.9 Å². The zero-order chi connectivity index (χ0) is 20.8. The van der Waals surface area contributed by atoms with Gasteiger partial charge in [-0.2, -0.15) is 0 Å². The molecule has 9 nitrogen and oxygen atoms in total. The highest BCUT2D eigenvalue weighted by molar-refractivity contribution is 14.1. The van der Waals surface area contributed by atoms with Crippen molar-refractivity contribution < 1.29 is 4.79 Å². The number of nitrogens with two attached hydrogens (primary N) is 1. The quantitative estimate of drug-likeness (QED) is 0.389. The van der Waals surface area contributed by atoms with Crippen LogP contribution in [0.3, 0.4) is 0 Å². The first-order chi connectivity index (χ1) is 14.5. The van der Waals surface area contributed by atoms with Crippen LogP contribution in [-0.4, -0.2) is 48.9 Å². The summed E-state index contributed by atoms with van der Waals surface area (Å²) in [6.07, 6.45) is 6.23. The van der Waals surface area contributed by atoms with Gasteiger partial charge in [-0.15, -0.1) is 11.3 Å². The molecule has 4 heterocycles. The molecule has 3 N–H and O–H groups in total. The van der Waals surface area contributed by atoms with E-state index in [0.29, 0.717) is 15.2 Å². The molecule has 0 saturated heterocycles. The Morgan fingerprint density at radius 3 is 2.87 bits per heavy atom. The predicted octanol–water partition coefficient (Wildman–Crippen LogP) is 2.83. The number of thiazole rings is 1. The standard InChI is InChI=1S/C19H23IN8OS/c1-27-7-6-12-13(8-27)30-19(23-12)26-17(29)10-2-4-11(5-3-10)28-9-22-14-15(21)24-18(20)25-16(14)28/h9-11H,2-8H2,1H3,(H2,21,24,25)(H,23,26,29). The highest BCUT2D eigenvalue weighted by atomic mass is 127. The summed E-state index contributed by atoms with van der Waals surface area (Å²) in [5, 5.41) is 3.81. The largest absolute Gasteiger partial charge is 0.382 e. The lowest BCUT2D eigenvalue weighted by Crippen LogP contribution is -2.28. The number of imidazole rings is 1. The Labute approximate surface area is 191 Å². The van der Waals surface area contributed by atoms with Gasteiger partial charge in [0.05, 0.1) is 12.0 Å². The molecule has 2 aliphatic rings. The van der Waals surface area contributed by atoms with Crippen LogP contribution in [0.4, 0.5) is 10.9 Å². The van der Waals surface area contributed by atoms with E-state index < -0.39 is 0 Å². The van der Waals surface area contributed by atoms with Crippen LogP contribution in [0.25, 0.3) is 11.2 Å².